The van der Waals surface area contributed by atoms with Crippen LogP contribution in [0.2, 0.25) is 0 Å². The Bertz CT molecular complexity index is 886. The number of nitrogens with zero attached hydrogens (tertiary/aromatic N) is 1. The molecule has 4 aromatic rings. The van der Waals surface area contributed by atoms with Gasteiger partial charge in [0.15, 0.2) is 0 Å². The molecule has 1 nitrogen and oxygen atoms in total. The standard InChI is InChI=1S/C19H12NS.Ir/c1-2-7-14(8-3-1)16-13-18(19-11-6-12-21-19)20-17-10-5-4-9-15(16)17;/h1-10,12-13H;/q-1;. The number of aromatic nitrogens is 1. The second-order valence-electron chi connectivity index (χ2n) is 4.83. The molecule has 2 aromatic heterocycles. The zero-order valence-electron chi connectivity index (χ0n) is 11.6. The van der Waals surface area contributed by atoms with Gasteiger partial charge in [-0.25, -0.2) is 11.3 Å². The van der Waals surface area contributed by atoms with Crippen LogP contribution < -0.4 is 0 Å². The summed E-state index contributed by atoms with van der Waals surface area (Å²) >= 11 is 1.67. The van der Waals surface area contributed by atoms with Gasteiger partial charge in [-0.2, -0.15) is 12.1 Å². The predicted octanol–water partition coefficient (Wildman–Crippen LogP) is 5.43. The van der Waals surface area contributed by atoms with Crippen molar-refractivity contribution in [3.8, 4) is 21.7 Å². The molecule has 0 atom stereocenters. The van der Waals surface area contributed by atoms with Crippen LogP contribution in [0.3, 0.4) is 0 Å². The summed E-state index contributed by atoms with van der Waals surface area (Å²) in [6.07, 6.45) is 0. The Hall–Kier alpha value is -1.80. The van der Waals surface area contributed by atoms with Crippen molar-refractivity contribution in [3.63, 3.8) is 0 Å². The minimum atomic E-state index is 0. The first kappa shape index (κ1) is 15.1. The van der Waals surface area contributed by atoms with Gasteiger partial charge in [-0.05, 0) is 22.9 Å². The van der Waals surface area contributed by atoms with E-state index in [9.17, 15) is 0 Å². The van der Waals surface area contributed by atoms with E-state index in [1.165, 1.54) is 16.5 Å². The first-order valence-electron chi connectivity index (χ1n) is 6.82. The quantitative estimate of drug-likeness (QED) is 0.350. The monoisotopic (exact) mass is 479 g/mol. The van der Waals surface area contributed by atoms with Crippen LogP contribution in [0.15, 0.2) is 72.1 Å². The molecule has 3 heteroatoms. The van der Waals surface area contributed by atoms with Crippen molar-refractivity contribution in [2.75, 3.05) is 0 Å². The zero-order valence-corrected chi connectivity index (χ0v) is 14.8. The second kappa shape index (κ2) is 6.53. The summed E-state index contributed by atoms with van der Waals surface area (Å²) in [7, 11) is 0. The molecule has 0 aliphatic rings. The third-order valence-electron chi connectivity index (χ3n) is 3.50. The average Bonchev–Trinajstić information content (AvgIpc) is 3.09. The van der Waals surface area contributed by atoms with Crippen LogP contribution in [0.1, 0.15) is 0 Å². The molecule has 2 aromatic carbocycles. The maximum atomic E-state index is 4.78. The Morgan fingerprint density at radius 3 is 2.45 bits per heavy atom. The van der Waals surface area contributed by atoms with E-state index < -0.39 is 0 Å². The van der Waals surface area contributed by atoms with Crippen LogP contribution in [0.4, 0.5) is 0 Å². The topological polar surface area (TPSA) is 12.9 Å². The van der Waals surface area contributed by atoms with Crippen LogP contribution in [0, 0.1) is 6.07 Å². The number of hydrogen-bond donors (Lipinski definition) is 0. The molecule has 0 bridgehead atoms. The van der Waals surface area contributed by atoms with E-state index in [-0.39, 0.29) is 20.1 Å². The number of rotatable bonds is 2. The summed E-state index contributed by atoms with van der Waals surface area (Å²) in [5.74, 6) is 0. The molecule has 2 heterocycles. The molecule has 0 amide bonds. The van der Waals surface area contributed by atoms with E-state index in [4.69, 9.17) is 4.98 Å². The number of para-hydroxylation sites is 1. The summed E-state index contributed by atoms with van der Waals surface area (Å²) in [4.78, 5) is 5.86. The molecular formula is C19H12IrNS-. The molecule has 0 spiro atoms. The summed E-state index contributed by atoms with van der Waals surface area (Å²) < 4.78 is 0. The zero-order chi connectivity index (χ0) is 14.1. The third-order valence-corrected chi connectivity index (χ3v) is 4.34. The molecule has 0 fully saturated rings. The smallest absolute Gasteiger partial charge is 0.0565 e. The number of fused-ring (bicyclic) bond motifs is 1. The van der Waals surface area contributed by atoms with Gasteiger partial charge in [-0.15, -0.1) is 5.38 Å². The van der Waals surface area contributed by atoms with E-state index >= 15 is 0 Å². The maximum Gasteiger partial charge on any atom is 0.0565 e. The van der Waals surface area contributed by atoms with Crippen molar-refractivity contribution >= 4 is 22.2 Å². The molecule has 0 aliphatic carbocycles. The Labute approximate surface area is 147 Å². The van der Waals surface area contributed by atoms with Gasteiger partial charge in [-0.3, -0.25) is 0 Å². The molecular weight excluding hydrogens is 467 g/mol. The van der Waals surface area contributed by atoms with Crippen LogP contribution in [-0.2, 0) is 20.1 Å². The van der Waals surface area contributed by atoms with Gasteiger partial charge in [0.05, 0.1) is 5.52 Å². The van der Waals surface area contributed by atoms with Crippen molar-refractivity contribution in [2.24, 2.45) is 0 Å². The molecule has 0 saturated heterocycles. The fourth-order valence-electron chi connectivity index (χ4n) is 2.53. The molecule has 0 aliphatic heterocycles. The van der Waals surface area contributed by atoms with E-state index in [0.29, 0.717) is 0 Å². The summed E-state index contributed by atoms with van der Waals surface area (Å²) in [6, 6.07) is 26.1. The van der Waals surface area contributed by atoms with Crippen molar-refractivity contribution in [2.45, 2.75) is 0 Å². The minimum Gasteiger partial charge on any atom is -0.310 e. The van der Waals surface area contributed by atoms with Gasteiger partial charge in [0.1, 0.15) is 0 Å². The molecule has 0 unspecified atom stereocenters. The van der Waals surface area contributed by atoms with Crippen molar-refractivity contribution in [1.29, 1.82) is 0 Å². The van der Waals surface area contributed by atoms with Crippen LogP contribution in [-0.4, -0.2) is 4.98 Å². The molecule has 0 saturated carbocycles. The third kappa shape index (κ3) is 2.76. The normalized spacial score (nSPS) is 10.4. The maximum absolute atomic E-state index is 4.78. The Morgan fingerprint density at radius 1 is 0.909 bits per heavy atom. The first-order valence-corrected chi connectivity index (χ1v) is 7.70. The molecule has 22 heavy (non-hydrogen) atoms. The average molecular weight is 479 g/mol. The van der Waals surface area contributed by atoms with Crippen LogP contribution in [0.5, 0.6) is 0 Å². The van der Waals surface area contributed by atoms with Crippen molar-refractivity contribution in [3.05, 3.63) is 78.2 Å². The Balaban J connectivity index is 0.00000144. The Kier molecular flexibility index (Phi) is 4.49. The SMILES string of the molecule is [Ir].[c-]1ccsc1-c1cc(-c2ccccc2)c2ccccc2n1. The minimum absolute atomic E-state index is 0. The van der Waals surface area contributed by atoms with Gasteiger partial charge < -0.3 is 4.98 Å². The van der Waals surface area contributed by atoms with Gasteiger partial charge >= 0.3 is 0 Å². The van der Waals surface area contributed by atoms with Gasteiger partial charge in [0, 0.05) is 25.5 Å². The van der Waals surface area contributed by atoms with Gasteiger partial charge in [0.2, 0.25) is 0 Å². The number of thiophene rings is 1. The number of pyridine rings is 1. The second-order valence-corrected chi connectivity index (χ2v) is 5.75. The molecule has 1 radical (unpaired) electrons. The largest absolute Gasteiger partial charge is 0.310 e. The summed E-state index contributed by atoms with van der Waals surface area (Å²) in [5.41, 5.74) is 4.45. The summed E-state index contributed by atoms with van der Waals surface area (Å²) in [6.45, 7) is 0. The molecule has 0 N–H and O–H groups in total. The van der Waals surface area contributed by atoms with Crippen LogP contribution in [0.25, 0.3) is 32.6 Å². The van der Waals surface area contributed by atoms with Crippen molar-refractivity contribution < 1.29 is 20.1 Å². The predicted molar refractivity (Wildman–Crippen MR) is 89.3 cm³/mol. The van der Waals surface area contributed by atoms with E-state index in [1.807, 2.05) is 23.6 Å². The van der Waals surface area contributed by atoms with Crippen LogP contribution >= 0.6 is 11.3 Å². The summed E-state index contributed by atoms with van der Waals surface area (Å²) in [5, 5.41) is 3.22. The number of hydrogen-bond acceptors (Lipinski definition) is 2. The van der Waals surface area contributed by atoms with E-state index in [1.54, 1.807) is 11.3 Å². The first-order chi connectivity index (χ1) is 10.4. The van der Waals surface area contributed by atoms with Gasteiger partial charge in [0.25, 0.3) is 0 Å². The van der Waals surface area contributed by atoms with Gasteiger partial charge in [-0.1, -0.05) is 59.5 Å². The fourth-order valence-corrected chi connectivity index (χ4v) is 3.16. The number of benzene rings is 2. The molecule has 109 valence electrons. The molecule has 4 rings (SSSR count). The Morgan fingerprint density at radius 2 is 1.68 bits per heavy atom. The van der Waals surface area contributed by atoms with Crippen molar-refractivity contribution in [1.82, 2.24) is 4.98 Å². The van der Waals surface area contributed by atoms with E-state index in [2.05, 4.69) is 54.6 Å². The van der Waals surface area contributed by atoms with E-state index in [0.717, 1.165) is 16.1 Å². The fraction of sp³-hybridized carbons (Fsp3) is 0.